The summed E-state index contributed by atoms with van der Waals surface area (Å²) in [4.78, 5) is 30.5. The van der Waals surface area contributed by atoms with Crippen LogP contribution in [0.2, 0.25) is 0 Å². The molecule has 2 aliphatic rings. The average Bonchev–Trinajstić information content (AvgIpc) is 3.16. The van der Waals surface area contributed by atoms with Crippen molar-refractivity contribution in [1.82, 2.24) is 4.90 Å². The number of nitrogens with one attached hydrogen (secondary N) is 1. The van der Waals surface area contributed by atoms with Crippen molar-refractivity contribution in [1.29, 1.82) is 0 Å². The number of fused-ring (bicyclic) bond motifs is 2. The molecule has 0 unspecified atom stereocenters. The van der Waals surface area contributed by atoms with Crippen molar-refractivity contribution in [2.24, 2.45) is 0 Å². The van der Waals surface area contributed by atoms with Crippen molar-refractivity contribution in [3.05, 3.63) is 53.6 Å². The van der Waals surface area contributed by atoms with Gasteiger partial charge in [0.1, 0.15) is 6.17 Å². The lowest BCUT2D eigenvalue weighted by molar-refractivity contribution is 0.0719. The van der Waals surface area contributed by atoms with E-state index in [0.29, 0.717) is 11.1 Å². The van der Waals surface area contributed by atoms with E-state index in [4.69, 9.17) is 0 Å². The number of thioether (sulfide) groups is 1. The first-order chi connectivity index (χ1) is 12.6. The summed E-state index contributed by atoms with van der Waals surface area (Å²) in [5.41, 5.74) is 2.83. The highest BCUT2D eigenvalue weighted by Crippen LogP contribution is 2.35. The Morgan fingerprint density at radius 2 is 1.96 bits per heavy atom. The molecule has 0 spiro atoms. The third-order valence-corrected chi connectivity index (χ3v) is 5.89. The maximum absolute atomic E-state index is 12.7. The molecule has 2 aromatic rings. The van der Waals surface area contributed by atoms with Crippen molar-refractivity contribution in [2.75, 3.05) is 30.1 Å². The van der Waals surface area contributed by atoms with Gasteiger partial charge in [-0.1, -0.05) is 0 Å². The Kier molecular flexibility index (Phi) is 4.36. The molecular formula is C20H21N3O2S. The fourth-order valence-electron chi connectivity index (χ4n) is 3.73. The van der Waals surface area contributed by atoms with E-state index >= 15 is 0 Å². The van der Waals surface area contributed by atoms with E-state index < -0.39 is 0 Å². The van der Waals surface area contributed by atoms with Crippen LogP contribution in [0.15, 0.2) is 47.4 Å². The highest BCUT2D eigenvalue weighted by molar-refractivity contribution is 7.98. The van der Waals surface area contributed by atoms with E-state index in [2.05, 4.69) is 10.2 Å². The summed E-state index contributed by atoms with van der Waals surface area (Å²) in [5, 5.41) is 2.93. The molecule has 2 aliphatic heterocycles. The highest BCUT2D eigenvalue weighted by Gasteiger charge is 2.38. The van der Waals surface area contributed by atoms with E-state index in [1.54, 1.807) is 23.9 Å². The number of rotatable bonds is 3. The largest absolute Gasteiger partial charge is 0.354 e. The predicted octanol–water partition coefficient (Wildman–Crippen LogP) is 3.67. The molecule has 2 aromatic carbocycles. The van der Waals surface area contributed by atoms with Crippen LogP contribution in [-0.2, 0) is 0 Å². The van der Waals surface area contributed by atoms with Gasteiger partial charge in [0, 0.05) is 29.7 Å². The summed E-state index contributed by atoms with van der Waals surface area (Å²) in [7, 11) is 2.00. The highest BCUT2D eigenvalue weighted by atomic mass is 32.2. The van der Waals surface area contributed by atoms with Gasteiger partial charge in [-0.2, -0.15) is 0 Å². The summed E-state index contributed by atoms with van der Waals surface area (Å²) in [6, 6.07) is 13.1. The number of anilines is 2. The first kappa shape index (κ1) is 17.0. The van der Waals surface area contributed by atoms with Gasteiger partial charge in [0.15, 0.2) is 0 Å². The Hall–Kier alpha value is -2.47. The van der Waals surface area contributed by atoms with E-state index in [-0.39, 0.29) is 18.0 Å². The number of carbonyl (C=O) groups excluding carboxylic acids is 2. The maximum Gasteiger partial charge on any atom is 0.257 e. The molecule has 1 fully saturated rings. The monoisotopic (exact) mass is 367 g/mol. The van der Waals surface area contributed by atoms with Gasteiger partial charge in [-0.25, -0.2) is 0 Å². The fraction of sp³-hybridized carbons (Fsp3) is 0.300. The van der Waals surface area contributed by atoms with Gasteiger partial charge in [-0.05, 0) is 61.6 Å². The lowest BCUT2D eigenvalue weighted by Crippen LogP contribution is -2.50. The van der Waals surface area contributed by atoms with Crippen molar-refractivity contribution >= 4 is 35.0 Å². The number of hydrogen-bond donors (Lipinski definition) is 1. The molecule has 0 aromatic heterocycles. The third-order valence-electron chi connectivity index (χ3n) is 5.15. The SMILES string of the molecule is CSc1ccc(NC(=O)c2ccc3c(c2)N(C)[C@@H]2CCCN2C3=O)cc1. The summed E-state index contributed by atoms with van der Waals surface area (Å²) >= 11 is 1.66. The topological polar surface area (TPSA) is 52.7 Å². The summed E-state index contributed by atoms with van der Waals surface area (Å²) in [6.45, 7) is 0.807. The lowest BCUT2D eigenvalue weighted by atomic mass is 10.0. The maximum atomic E-state index is 12.7. The normalized spacial score (nSPS) is 18.5. The lowest BCUT2D eigenvalue weighted by Gasteiger charge is -2.40. The minimum Gasteiger partial charge on any atom is -0.354 e. The van der Waals surface area contributed by atoms with Crippen LogP contribution < -0.4 is 10.2 Å². The molecule has 0 aliphatic carbocycles. The minimum absolute atomic E-state index is 0.0696. The molecule has 0 radical (unpaired) electrons. The second kappa shape index (κ2) is 6.68. The molecule has 26 heavy (non-hydrogen) atoms. The summed E-state index contributed by atoms with van der Waals surface area (Å²) < 4.78 is 0. The van der Waals surface area contributed by atoms with Gasteiger partial charge in [-0.15, -0.1) is 11.8 Å². The second-order valence-corrected chi connectivity index (χ2v) is 7.53. The van der Waals surface area contributed by atoms with Crippen LogP contribution in [0.25, 0.3) is 0 Å². The van der Waals surface area contributed by atoms with Crippen molar-refractivity contribution in [2.45, 2.75) is 23.9 Å². The Balaban J connectivity index is 1.59. The van der Waals surface area contributed by atoms with Crippen LogP contribution in [0.5, 0.6) is 0 Å². The first-order valence-corrected chi connectivity index (χ1v) is 9.94. The molecular weight excluding hydrogens is 346 g/mol. The number of nitrogens with zero attached hydrogens (tertiary/aromatic N) is 2. The Labute approximate surface area is 157 Å². The quantitative estimate of drug-likeness (QED) is 0.841. The molecule has 5 nitrogen and oxygen atoms in total. The zero-order valence-electron chi connectivity index (χ0n) is 14.9. The minimum atomic E-state index is -0.167. The third kappa shape index (κ3) is 2.84. The molecule has 1 saturated heterocycles. The van der Waals surface area contributed by atoms with Gasteiger partial charge in [0.25, 0.3) is 11.8 Å². The zero-order valence-corrected chi connectivity index (χ0v) is 15.7. The van der Waals surface area contributed by atoms with E-state index in [1.807, 2.05) is 48.5 Å². The smallest absolute Gasteiger partial charge is 0.257 e. The predicted molar refractivity (Wildman–Crippen MR) is 105 cm³/mol. The van der Waals surface area contributed by atoms with Crippen LogP contribution in [0, 0.1) is 0 Å². The number of hydrogen-bond acceptors (Lipinski definition) is 4. The van der Waals surface area contributed by atoms with E-state index in [1.165, 1.54) is 0 Å². The van der Waals surface area contributed by atoms with Gasteiger partial charge >= 0.3 is 0 Å². The molecule has 2 heterocycles. The molecule has 0 saturated carbocycles. The zero-order chi connectivity index (χ0) is 18.3. The van der Waals surface area contributed by atoms with E-state index in [9.17, 15) is 9.59 Å². The molecule has 6 heteroatoms. The molecule has 1 N–H and O–H groups in total. The van der Waals surface area contributed by atoms with Crippen LogP contribution in [0.1, 0.15) is 33.6 Å². The van der Waals surface area contributed by atoms with Crippen molar-refractivity contribution in [3.8, 4) is 0 Å². The molecule has 0 bridgehead atoms. The number of benzene rings is 2. The standard InChI is InChI=1S/C20H21N3O2S/c1-22-17-12-13(19(24)21-14-6-8-15(26-2)9-7-14)5-10-16(17)20(25)23-11-3-4-18(22)23/h5-10,12,18H,3-4,11H2,1-2H3,(H,21,24)/t18-/m0/s1. The Morgan fingerprint density at radius 3 is 2.69 bits per heavy atom. The number of amides is 2. The molecule has 2 amide bonds. The molecule has 4 rings (SSSR count). The summed E-state index contributed by atoms with van der Waals surface area (Å²) in [6.07, 6.45) is 4.12. The van der Waals surface area contributed by atoms with Crippen LogP contribution in [-0.4, -0.2) is 42.7 Å². The van der Waals surface area contributed by atoms with Crippen molar-refractivity contribution < 1.29 is 9.59 Å². The average molecular weight is 367 g/mol. The fourth-order valence-corrected chi connectivity index (χ4v) is 4.14. The van der Waals surface area contributed by atoms with Crippen LogP contribution in [0.3, 0.4) is 0 Å². The van der Waals surface area contributed by atoms with Gasteiger partial charge in [0.05, 0.1) is 11.3 Å². The van der Waals surface area contributed by atoms with Crippen molar-refractivity contribution in [3.63, 3.8) is 0 Å². The Bertz CT molecular complexity index is 866. The molecule has 134 valence electrons. The van der Waals surface area contributed by atoms with Gasteiger partial charge < -0.3 is 15.1 Å². The van der Waals surface area contributed by atoms with Crippen LogP contribution >= 0.6 is 11.8 Å². The number of carbonyl (C=O) groups is 2. The summed E-state index contributed by atoms with van der Waals surface area (Å²) in [5.74, 6) is -0.0976. The first-order valence-electron chi connectivity index (χ1n) is 8.72. The van der Waals surface area contributed by atoms with E-state index in [0.717, 1.165) is 35.7 Å². The molecule has 1 atom stereocenters. The van der Waals surface area contributed by atoms with Gasteiger partial charge in [0.2, 0.25) is 0 Å². The Morgan fingerprint density at radius 1 is 1.19 bits per heavy atom. The second-order valence-electron chi connectivity index (χ2n) is 6.65. The van der Waals surface area contributed by atoms with Gasteiger partial charge in [-0.3, -0.25) is 9.59 Å². The van der Waals surface area contributed by atoms with Crippen LogP contribution in [0.4, 0.5) is 11.4 Å².